The van der Waals surface area contributed by atoms with Gasteiger partial charge in [0, 0.05) is 50.2 Å². The molecular formula is C55H37N5. The van der Waals surface area contributed by atoms with Crippen LogP contribution < -0.4 is 4.90 Å². The van der Waals surface area contributed by atoms with Crippen LogP contribution in [0.3, 0.4) is 0 Å². The van der Waals surface area contributed by atoms with E-state index in [4.69, 9.17) is 15.0 Å². The molecule has 0 unspecified atom stereocenters. The second-order valence-electron chi connectivity index (χ2n) is 14.9. The molecule has 0 saturated heterocycles. The van der Waals surface area contributed by atoms with Crippen molar-refractivity contribution >= 4 is 49.6 Å². The molecule has 0 atom stereocenters. The second kappa shape index (κ2) is 15.0. The SMILES string of the molecule is c1ccc(-c2ccc3c(c2)c2cc(N(c4ccccc4)c4ccc5ccccc5c4)ccc2n3-c2ccc(-c3nc(-c4ccccc4)nc(-c4ccccc4)n3)cc2)cc1. The molecular weight excluding hydrogens is 731 g/mol. The van der Waals surface area contributed by atoms with Crippen LogP contribution in [0.5, 0.6) is 0 Å². The van der Waals surface area contributed by atoms with E-state index in [2.05, 4.69) is 173 Å². The molecule has 2 aromatic heterocycles. The van der Waals surface area contributed by atoms with E-state index in [0.717, 1.165) is 50.5 Å². The molecule has 0 radical (unpaired) electrons. The average Bonchev–Trinajstić information content (AvgIpc) is 3.65. The van der Waals surface area contributed by atoms with E-state index in [9.17, 15) is 0 Å². The maximum absolute atomic E-state index is 4.99. The van der Waals surface area contributed by atoms with Crippen LogP contribution in [0.15, 0.2) is 224 Å². The highest BCUT2D eigenvalue weighted by atomic mass is 15.1. The van der Waals surface area contributed by atoms with E-state index in [1.54, 1.807) is 0 Å². The van der Waals surface area contributed by atoms with Crippen molar-refractivity contribution in [1.29, 1.82) is 0 Å². The predicted molar refractivity (Wildman–Crippen MR) is 248 cm³/mol. The minimum atomic E-state index is 0.628. The van der Waals surface area contributed by atoms with Crippen LogP contribution in [-0.4, -0.2) is 19.5 Å². The number of rotatable bonds is 8. The number of hydrogen-bond acceptors (Lipinski definition) is 4. The third kappa shape index (κ3) is 6.45. The first-order chi connectivity index (χ1) is 29.7. The quantitative estimate of drug-likeness (QED) is 0.154. The third-order valence-corrected chi connectivity index (χ3v) is 11.2. The first-order valence-electron chi connectivity index (χ1n) is 20.2. The molecule has 9 aromatic carbocycles. The van der Waals surface area contributed by atoms with Gasteiger partial charge in [-0.1, -0.05) is 146 Å². The van der Waals surface area contributed by atoms with Crippen LogP contribution in [0.4, 0.5) is 17.1 Å². The smallest absolute Gasteiger partial charge is 0.164 e. The van der Waals surface area contributed by atoms with Crippen LogP contribution in [0, 0.1) is 0 Å². The van der Waals surface area contributed by atoms with Crippen molar-refractivity contribution in [2.24, 2.45) is 0 Å². The highest BCUT2D eigenvalue weighted by Crippen LogP contribution is 2.41. The lowest BCUT2D eigenvalue weighted by atomic mass is 10.0. The largest absolute Gasteiger partial charge is 0.310 e. The van der Waals surface area contributed by atoms with Crippen molar-refractivity contribution in [2.45, 2.75) is 0 Å². The maximum Gasteiger partial charge on any atom is 0.164 e. The topological polar surface area (TPSA) is 46.8 Å². The van der Waals surface area contributed by atoms with Gasteiger partial charge in [-0.05, 0) is 101 Å². The lowest BCUT2D eigenvalue weighted by Gasteiger charge is -2.26. The van der Waals surface area contributed by atoms with Gasteiger partial charge >= 0.3 is 0 Å². The summed E-state index contributed by atoms with van der Waals surface area (Å²) < 4.78 is 2.37. The van der Waals surface area contributed by atoms with Gasteiger partial charge in [0.05, 0.1) is 11.0 Å². The Morgan fingerprint density at radius 3 is 1.37 bits per heavy atom. The summed E-state index contributed by atoms with van der Waals surface area (Å²) in [7, 11) is 0. The molecule has 0 spiro atoms. The van der Waals surface area contributed by atoms with Gasteiger partial charge in [0.15, 0.2) is 17.5 Å². The molecule has 11 rings (SSSR count). The molecule has 282 valence electrons. The van der Waals surface area contributed by atoms with E-state index in [-0.39, 0.29) is 0 Å². The summed E-state index contributed by atoms with van der Waals surface area (Å²) in [5, 5.41) is 4.77. The maximum atomic E-state index is 4.99. The fourth-order valence-corrected chi connectivity index (χ4v) is 8.28. The molecule has 2 heterocycles. The van der Waals surface area contributed by atoms with Gasteiger partial charge in [-0.3, -0.25) is 0 Å². The standard InChI is InChI=1S/C55H37N5/c1-5-15-38(16-6-1)44-28-33-51-49(36-44)50-37-48(59(45-23-11-4-12-24-45)47-31-25-39-17-13-14-22-43(39)35-47)32-34-52(50)60(51)46-29-26-42(27-30-46)55-57-53(40-18-7-2-8-19-40)56-54(58-55)41-20-9-3-10-21-41/h1-37H. The second-order valence-corrected chi connectivity index (χ2v) is 14.9. The van der Waals surface area contributed by atoms with Crippen LogP contribution in [0.2, 0.25) is 0 Å². The zero-order chi connectivity index (χ0) is 39.8. The van der Waals surface area contributed by atoms with Crippen LogP contribution in [0.1, 0.15) is 0 Å². The lowest BCUT2D eigenvalue weighted by molar-refractivity contribution is 1.07. The number of benzene rings is 9. The Bertz CT molecular complexity index is 3230. The van der Waals surface area contributed by atoms with Gasteiger partial charge in [0.25, 0.3) is 0 Å². The van der Waals surface area contributed by atoms with E-state index < -0.39 is 0 Å². The number of aromatic nitrogens is 4. The van der Waals surface area contributed by atoms with Crippen LogP contribution in [-0.2, 0) is 0 Å². The minimum absolute atomic E-state index is 0.628. The highest BCUT2D eigenvalue weighted by Gasteiger charge is 2.19. The summed E-state index contributed by atoms with van der Waals surface area (Å²) >= 11 is 0. The predicted octanol–water partition coefficient (Wildman–Crippen LogP) is 14.3. The van der Waals surface area contributed by atoms with Crippen molar-refractivity contribution in [3.05, 3.63) is 224 Å². The summed E-state index contributed by atoms with van der Waals surface area (Å²) in [4.78, 5) is 17.2. The Labute approximate surface area is 348 Å². The Hall–Kier alpha value is -8.15. The van der Waals surface area contributed by atoms with Crippen molar-refractivity contribution in [3.63, 3.8) is 0 Å². The summed E-state index contributed by atoms with van der Waals surface area (Å²) in [6.45, 7) is 0. The van der Waals surface area contributed by atoms with Gasteiger partial charge in [0.1, 0.15) is 0 Å². The first-order valence-corrected chi connectivity index (χ1v) is 20.2. The van der Waals surface area contributed by atoms with Gasteiger partial charge in [-0.15, -0.1) is 0 Å². The Morgan fingerprint density at radius 1 is 0.300 bits per heavy atom. The van der Waals surface area contributed by atoms with Crippen molar-refractivity contribution < 1.29 is 0 Å². The summed E-state index contributed by atoms with van der Waals surface area (Å²) in [5.41, 5.74) is 11.8. The normalized spacial score (nSPS) is 11.3. The van der Waals surface area contributed by atoms with E-state index >= 15 is 0 Å². The fourth-order valence-electron chi connectivity index (χ4n) is 8.28. The number of nitrogens with zero attached hydrogens (tertiary/aromatic N) is 5. The number of hydrogen-bond donors (Lipinski definition) is 0. The van der Waals surface area contributed by atoms with Crippen molar-refractivity contribution in [2.75, 3.05) is 4.90 Å². The van der Waals surface area contributed by atoms with Crippen molar-refractivity contribution in [1.82, 2.24) is 19.5 Å². The van der Waals surface area contributed by atoms with Gasteiger partial charge < -0.3 is 9.47 Å². The molecule has 5 heteroatoms. The molecule has 0 fully saturated rings. The summed E-state index contributed by atoms with van der Waals surface area (Å²) in [6, 6.07) is 79.0. The Kier molecular flexibility index (Phi) is 8.75. The lowest BCUT2D eigenvalue weighted by Crippen LogP contribution is -2.09. The van der Waals surface area contributed by atoms with Gasteiger partial charge in [-0.25, -0.2) is 15.0 Å². The monoisotopic (exact) mass is 767 g/mol. The first kappa shape index (κ1) is 35.0. The fraction of sp³-hybridized carbons (Fsp3) is 0. The van der Waals surface area contributed by atoms with E-state index in [1.807, 2.05) is 60.7 Å². The van der Waals surface area contributed by atoms with E-state index in [1.165, 1.54) is 32.7 Å². The van der Waals surface area contributed by atoms with Gasteiger partial charge in [0.2, 0.25) is 0 Å². The van der Waals surface area contributed by atoms with Crippen molar-refractivity contribution in [3.8, 4) is 51.0 Å². The molecule has 0 amide bonds. The molecule has 0 aliphatic rings. The minimum Gasteiger partial charge on any atom is -0.310 e. The van der Waals surface area contributed by atoms with Crippen LogP contribution >= 0.6 is 0 Å². The molecule has 0 bridgehead atoms. The third-order valence-electron chi connectivity index (χ3n) is 11.2. The molecule has 0 saturated carbocycles. The zero-order valence-corrected chi connectivity index (χ0v) is 32.6. The average molecular weight is 768 g/mol. The molecule has 60 heavy (non-hydrogen) atoms. The molecule has 5 nitrogen and oxygen atoms in total. The Balaban J connectivity index is 1.07. The zero-order valence-electron chi connectivity index (χ0n) is 32.6. The van der Waals surface area contributed by atoms with Gasteiger partial charge in [-0.2, -0.15) is 0 Å². The molecule has 0 aliphatic heterocycles. The molecule has 0 N–H and O–H groups in total. The number of anilines is 3. The Morgan fingerprint density at radius 2 is 0.750 bits per heavy atom. The highest BCUT2D eigenvalue weighted by molar-refractivity contribution is 6.12. The number of fused-ring (bicyclic) bond motifs is 4. The summed E-state index contributed by atoms with van der Waals surface area (Å²) in [6.07, 6.45) is 0. The number of para-hydroxylation sites is 1. The molecule has 11 aromatic rings. The van der Waals surface area contributed by atoms with E-state index in [0.29, 0.717) is 17.5 Å². The summed E-state index contributed by atoms with van der Waals surface area (Å²) in [5.74, 6) is 1.91. The van der Waals surface area contributed by atoms with Crippen LogP contribution in [0.25, 0.3) is 83.6 Å². The molecule has 0 aliphatic carbocycles.